The highest BCUT2D eigenvalue weighted by atomic mass is 19.4. The first-order chi connectivity index (χ1) is 14.3. The van der Waals surface area contributed by atoms with Gasteiger partial charge in [-0.2, -0.15) is 17.9 Å². The number of nitrogens with one attached hydrogen (secondary N) is 3. The number of benzene rings is 2. The van der Waals surface area contributed by atoms with Crippen LogP contribution in [-0.4, -0.2) is 21.8 Å². The normalized spacial score (nSPS) is 12.3. The minimum atomic E-state index is -4.90. The Morgan fingerprint density at radius 1 is 1.03 bits per heavy atom. The van der Waals surface area contributed by atoms with Gasteiger partial charge in [-0.05, 0) is 48.4 Å². The van der Waals surface area contributed by atoms with Crippen LogP contribution in [0.3, 0.4) is 0 Å². The van der Waals surface area contributed by atoms with E-state index in [1.807, 2.05) is 61.5 Å². The summed E-state index contributed by atoms with van der Waals surface area (Å²) in [5.41, 5.74) is 0.366. The van der Waals surface area contributed by atoms with Crippen molar-refractivity contribution in [2.45, 2.75) is 25.6 Å². The number of nitrogens with zero attached hydrogens (tertiary/aromatic N) is 2. The minimum absolute atomic E-state index is 0.136. The van der Waals surface area contributed by atoms with Crippen LogP contribution in [0.15, 0.2) is 66.7 Å². The van der Waals surface area contributed by atoms with Gasteiger partial charge >= 0.3 is 6.18 Å². The SMILES string of the molecule is CCC(Nc1ccc(=N)n(C(=N)C(F)(F)F)n1)c1ccc(Oc2ccccc2)cc1. The van der Waals surface area contributed by atoms with Gasteiger partial charge in [-0.15, -0.1) is 5.10 Å². The fourth-order valence-corrected chi connectivity index (χ4v) is 2.78. The number of halogens is 3. The molecule has 6 nitrogen and oxygen atoms in total. The molecule has 1 unspecified atom stereocenters. The molecule has 156 valence electrons. The van der Waals surface area contributed by atoms with Crippen molar-refractivity contribution in [3.05, 3.63) is 77.8 Å². The van der Waals surface area contributed by atoms with E-state index in [-0.39, 0.29) is 16.5 Å². The highest BCUT2D eigenvalue weighted by Gasteiger charge is 2.37. The molecule has 3 N–H and O–H groups in total. The quantitative estimate of drug-likeness (QED) is 0.386. The summed E-state index contributed by atoms with van der Waals surface area (Å²) in [7, 11) is 0. The van der Waals surface area contributed by atoms with E-state index in [0.717, 1.165) is 5.56 Å². The third kappa shape index (κ3) is 5.05. The zero-order valence-electron chi connectivity index (χ0n) is 16.1. The molecule has 0 aliphatic heterocycles. The van der Waals surface area contributed by atoms with E-state index in [9.17, 15) is 13.2 Å². The maximum atomic E-state index is 12.8. The Bertz CT molecular complexity index is 1060. The van der Waals surface area contributed by atoms with Crippen molar-refractivity contribution in [1.29, 1.82) is 10.8 Å². The number of para-hydroxylation sites is 1. The molecule has 0 aliphatic rings. The van der Waals surface area contributed by atoms with Gasteiger partial charge < -0.3 is 10.1 Å². The van der Waals surface area contributed by atoms with E-state index < -0.39 is 17.5 Å². The molecule has 0 saturated carbocycles. The van der Waals surface area contributed by atoms with Gasteiger partial charge in [-0.25, -0.2) is 0 Å². The third-order valence-electron chi connectivity index (χ3n) is 4.31. The second-order valence-corrected chi connectivity index (χ2v) is 6.45. The Labute approximate surface area is 171 Å². The highest BCUT2D eigenvalue weighted by Crippen LogP contribution is 2.26. The molecule has 1 aromatic heterocycles. The first-order valence-electron chi connectivity index (χ1n) is 9.18. The lowest BCUT2D eigenvalue weighted by Gasteiger charge is -2.19. The molecular formula is C21H20F3N5O. The largest absolute Gasteiger partial charge is 0.457 e. The Balaban J connectivity index is 1.77. The summed E-state index contributed by atoms with van der Waals surface area (Å²) in [6.07, 6.45) is -4.26. The van der Waals surface area contributed by atoms with Crippen molar-refractivity contribution in [1.82, 2.24) is 9.78 Å². The lowest BCUT2D eigenvalue weighted by Crippen LogP contribution is -2.38. The molecule has 0 fully saturated rings. The number of aromatic nitrogens is 2. The van der Waals surface area contributed by atoms with Crippen molar-refractivity contribution < 1.29 is 17.9 Å². The summed E-state index contributed by atoms with van der Waals surface area (Å²) < 4.78 is 44.5. The van der Waals surface area contributed by atoms with Crippen molar-refractivity contribution >= 4 is 11.7 Å². The van der Waals surface area contributed by atoms with E-state index in [2.05, 4.69) is 10.4 Å². The number of anilines is 1. The van der Waals surface area contributed by atoms with E-state index in [1.165, 1.54) is 12.1 Å². The van der Waals surface area contributed by atoms with Crippen LogP contribution in [0.5, 0.6) is 11.5 Å². The summed E-state index contributed by atoms with van der Waals surface area (Å²) in [5.74, 6) is -0.206. The van der Waals surface area contributed by atoms with Crippen molar-refractivity contribution in [3.8, 4) is 11.5 Å². The maximum absolute atomic E-state index is 12.8. The molecule has 30 heavy (non-hydrogen) atoms. The van der Waals surface area contributed by atoms with Gasteiger partial charge in [-0.3, -0.25) is 10.8 Å². The number of hydrogen-bond acceptors (Lipinski definition) is 5. The molecular weight excluding hydrogens is 395 g/mol. The van der Waals surface area contributed by atoms with Gasteiger partial charge in [-0.1, -0.05) is 37.3 Å². The predicted octanol–water partition coefficient (Wildman–Crippen LogP) is 5.11. The smallest absolute Gasteiger partial charge is 0.451 e. The summed E-state index contributed by atoms with van der Waals surface area (Å²) in [4.78, 5) is 0. The van der Waals surface area contributed by atoms with Crippen LogP contribution in [0.4, 0.5) is 19.0 Å². The molecule has 0 spiro atoms. The van der Waals surface area contributed by atoms with Crippen molar-refractivity contribution in [2.24, 2.45) is 0 Å². The molecule has 0 saturated heterocycles. The van der Waals surface area contributed by atoms with Gasteiger partial charge in [0.1, 0.15) is 22.8 Å². The lowest BCUT2D eigenvalue weighted by atomic mass is 10.0. The van der Waals surface area contributed by atoms with E-state index >= 15 is 0 Å². The molecule has 1 atom stereocenters. The molecule has 0 radical (unpaired) electrons. The molecule has 2 aromatic carbocycles. The van der Waals surface area contributed by atoms with Crippen LogP contribution in [-0.2, 0) is 0 Å². The van der Waals surface area contributed by atoms with Crippen molar-refractivity contribution in [2.75, 3.05) is 5.32 Å². The number of alkyl halides is 3. The molecule has 0 bridgehead atoms. The predicted molar refractivity (Wildman–Crippen MR) is 107 cm³/mol. The second kappa shape index (κ2) is 8.81. The van der Waals surface area contributed by atoms with Crippen LogP contribution in [0, 0.1) is 10.8 Å². The van der Waals surface area contributed by atoms with E-state index in [0.29, 0.717) is 17.9 Å². The highest BCUT2D eigenvalue weighted by molar-refractivity contribution is 5.85. The Morgan fingerprint density at radius 3 is 2.27 bits per heavy atom. The summed E-state index contributed by atoms with van der Waals surface area (Å²) in [6.45, 7) is 1.93. The Morgan fingerprint density at radius 2 is 1.67 bits per heavy atom. The van der Waals surface area contributed by atoms with E-state index in [4.69, 9.17) is 15.6 Å². The van der Waals surface area contributed by atoms with Crippen LogP contribution >= 0.6 is 0 Å². The van der Waals surface area contributed by atoms with Crippen molar-refractivity contribution in [3.63, 3.8) is 0 Å². The van der Waals surface area contributed by atoms with Gasteiger partial charge in [0.25, 0.3) is 0 Å². The van der Waals surface area contributed by atoms with E-state index in [1.54, 1.807) is 0 Å². The zero-order chi connectivity index (χ0) is 21.7. The van der Waals surface area contributed by atoms with Crippen LogP contribution in [0.25, 0.3) is 0 Å². The summed E-state index contributed by atoms with van der Waals surface area (Å²) in [6, 6.07) is 19.0. The summed E-state index contributed by atoms with van der Waals surface area (Å²) >= 11 is 0. The average Bonchev–Trinajstić information content (AvgIpc) is 2.73. The first-order valence-corrected chi connectivity index (χ1v) is 9.18. The number of rotatable bonds is 6. The summed E-state index contributed by atoms with van der Waals surface area (Å²) in [5, 5.41) is 21.7. The molecule has 1 heterocycles. The van der Waals surface area contributed by atoms with Crippen LogP contribution < -0.4 is 15.5 Å². The fourth-order valence-electron chi connectivity index (χ4n) is 2.78. The average molecular weight is 415 g/mol. The minimum Gasteiger partial charge on any atom is -0.457 e. The second-order valence-electron chi connectivity index (χ2n) is 6.45. The molecule has 0 amide bonds. The van der Waals surface area contributed by atoms with Gasteiger partial charge in [0.15, 0.2) is 0 Å². The monoisotopic (exact) mass is 415 g/mol. The molecule has 0 aliphatic carbocycles. The standard InChI is InChI=1S/C21H20F3N5O/c1-2-17(14-8-10-16(11-9-14)30-15-6-4-3-5-7-15)27-19-13-12-18(25)29(28-19)20(26)21(22,23)24/h3-13,17,25-26H,2H2,1H3,(H,27,28). The molecule has 9 heteroatoms. The number of hydrogen-bond donors (Lipinski definition) is 3. The lowest BCUT2D eigenvalue weighted by molar-refractivity contribution is -0.0632. The van der Waals surface area contributed by atoms with Gasteiger partial charge in [0.05, 0.1) is 6.04 Å². The first kappa shape index (κ1) is 21.1. The van der Waals surface area contributed by atoms with Crippen LogP contribution in [0.2, 0.25) is 0 Å². The third-order valence-corrected chi connectivity index (χ3v) is 4.31. The number of ether oxygens (including phenoxy) is 1. The topological polar surface area (TPSA) is 86.8 Å². The van der Waals surface area contributed by atoms with Gasteiger partial charge in [0.2, 0.25) is 5.84 Å². The molecule has 3 aromatic rings. The fraction of sp³-hybridized carbons (Fsp3) is 0.190. The van der Waals surface area contributed by atoms with Gasteiger partial charge in [0, 0.05) is 0 Å². The van der Waals surface area contributed by atoms with Crippen LogP contribution in [0.1, 0.15) is 24.9 Å². The maximum Gasteiger partial charge on any atom is 0.451 e. The Hall–Kier alpha value is -3.62. The molecule has 3 rings (SSSR count). The Kier molecular flexibility index (Phi) is 6.20. The zero-order valence-corrected chi connectivity index (χ0v) is 16.1.